The first kappa shape index (κ1) is 27.0. The fourth-order valence-electron chi connectivity index (χ4n) is 4.77. The highest BCUT2D eigenvalue weighted by atomic mass is 16.5. The number of rotatable bonds is 9. The molecule has 2 N–H and O–H groups in total. The monoisotopic (exact) mass is 520 g/mol. The second-order valence-corrected chi connectivity index (χ2v) is 9.49. The van der Waals surface area contributed by atoms with Gasteiger partial charge >= 0.3 is 6.03 Å². The van der Waals surface area contributed by atoms with Gasteiger partial charge in [0.1, 0.15) is 23.4 Å². The Morgan fingerprint density at radius 2 is 2.16 bits per heavy atom. The van der Waals surface area contributed by atoms with Crippen LogP contribution in [-0.2, 0) is 22.5 Å². The fraction of sp³-hybridized carbons (Fsp3) is 0.462. The van der Waals surface area contributed by atoms with E-state index in [1.165, 1.54) is 11.1 Å². The lowest BCUT2D eigenvalue weighted by atomic mass is 10.0. The van der Waals surface area contributed by atoms with Gasteiger partial charge in [-0.05, 0) is 45.0 Å². The van der Waals surface area contributed by atoms with Crippen molar-refractivity contribution in [3.63, 3.8) is 0 Å². The SMILES string of the molecule is COCCNc1cc(NC(=O)N2CCCc3cc(CN4CCC(N(C)C)C4=O)c(C=O)nc32)ncc1C#N. The van der Waals surface area contributed by atoms with Gasteiger partial charge in [0, 0.05) is 51.1 Å². The van der Waals surface area contributed by atoms with Gasteiger partial charge in [-0.25, -0.2) is 14.8 Å². The highest BCUT2D eigenvalue weighted by Gasteiger charge is 2.34. The summed E-state index contributed by atoms with van der Waals surface area (Å²) in [7, 11) is 5.35. The third-order valence-electron chi connectivity index (χ3n) is 6.77. The molecule has 3 amide bonds. The van der Waals surface area contributed by atoms with Crippen LogP contribution < -0.4 is 15.5 Å². The summed E-state index contributed by atoms with van der Waals surface area (Å²) < 4.78 is 5.04. The van der Waals surface area contributed by atoms with Gasteiger partial charge in [-0.3, -0.25) is 24.7 Å². The minimum absolute atomic E-state index is 0.0385. The van der Waals surface area contributed by atoms with E-state index in [9.17, 15) is 19.6 Å². The molecule has 12 heteroatoms. The van der Waals surface area contributed by atoms with E-state index in [4.69, 9.17) is 4.74 Å². The number of anilines is 3. The van der Waals surface area contributed by atoms with E-state index in [0.29, 0.717) is 68.1 Å². The normalized spacial score (nSPS) is 16.8. The lowest BCUT2D eigenvalue weighted by molar-refractivity contribution is -0.131. The molecule has 4 rings (SSSR count). The van der Waals surface area contributed by atoms with Crippen LogP contribution in [0.25, 0.3) is 0 Å². The summed E-state index contributed by atoms with van der Waals surface area (Å²) in [5.74, 6) is 0.735. The number of fused-ring (bicyclic) bond motifs is 1. The zero-order valence-electron chi connectivity index (χ0n) is 21.9. The number of hydrogen-bond acceptors (Lipinski definition) is 9. The van der Waals surface area contributed by atoms with Crippen LogP contribution in [-0.4, -0.2) is 91.5 Å². The van der Waals surface area contributed by atoms with E-state index in [2.05, 4.69) is 26.7 Å². The molecule has 2 aliphatic rings. The summed E-state index contributed by atoms with van der Waals surface area (Å²) in [6.45, 7) is 2.28. The van der Waals surface area contributed by atoms with Crippen LogP contribution in [0, 0.1) is 11.3 Å². The summed E-state index contributed by atoms with van der Waals surface area (Å²) in [6.07, 6.45) is 4.23. The number of amides is 3. The molecule has 1 saturated heterocycles. The maximum absolute atomic E-state index is 13.2. The van der Waals surface area contributed by atoms with E-state index in [0.717, 1.165) is 18.4 Å². The molecule has 2 aromatic heterocycles. The quantitative estimate of drug-likeness (QED) is 0.374. The second kappa shape index (κ2) is 12.0. The molecular formula is C26H32N8O4. The molecule has 1 fully saturated rings. The minimum Gasteiger partial charge on any atom is -0.383 e. The molecule has 0 aromatic carbocycles. The summed E-state index contributed by atoms with van der Waals surface area (Å²) in [6, 6.07) is 4.96. The number of pyridine rings is 2. The van der Waals surface area contributed by atoms with Crippen molar-refractivity contribution in [2.75, 3.05) is 63.0 Å². The number of likely N-dealkylation sites (N-methyl/N-ethyl adjacent to an activating group) is 1. The molecule has 12 nitrogen and oxygen atoms in total. The van der Waals surface area contributed by atoms with Gasteiger partial charge in [-0.15, -0.1) is 0 Å². The van der Waals surface area contributed by atoms with E-state index in [-0.39, 0.29) is 23.5 Å². The Balaban J connectivity index is 1.53. The topological polar surface area (TPSA) is 144 Å². The molecule has 4 heterocycles. The van der Waals surface area contributed by atoms with Gasteiger partial charge in [0.25, 0.3) is 0 Å². The van der Waals surface area contributed by atoms with Crippen LogP contribution in [0.3, 0.4) is 0 Å². The van der Waals surface area contributed by atoms with Gasteiger partial charge in [0.2, 0.25) is 5.91 Å². The highest BCUT2D eigenvalue weighted by Crippen LogP contribution is 2.29. The number of hydrogen-bond donors (Lipinski definition) is 2. The van der Waals surface area contributed by atoms with Crippen molar-refractivity contribution in [2.45, 2.75) is 31.8 Å². The van der Waals surface area contributed by atoms with E-state index >= 15 is 0 Å². The van der Waals surface area contributed by atoms with Crippen molar-refractivity contribution in [2.24, 2.45) is 0 Å². The van der Waals surface area contributed by atoms with Crippen LogP contribution in [0.5, 0.6) is 0 Å². The highest BCUT2D eigenvalue weighted by molar-refractivity contribution is 6.02. The molecule has 0 spiro atoms. The van der Waals surface area contributed by atoms with Crippen molar-refractivity contribution in [1.82, 2.24) is 19.8 Å². The molecular weight excluding hydrogens is 488 g/mol. The van der Waals surface area contributed by atoms with Crippen molar-refractivity contribution in [3.8, 4) is 6.07 Å². The van der Waals surface area contributed by atoms with Crippen molar-refractivity contribution >= 4 is 35.5 Å². The lowest BCUT2D eigenvalue weighted by Gasteiger charge is -2.29. The van der Waals surface area contributed by atoms with Crippen LogP contribution in [0.2, 0.25) is 0 Å². The van der Waals surface area contributed by atoms with Crippen molar-refractivity contribution in [3.05, 3.63) is 40.7 Å². The number of methoxy groups -OCH3 is 1. The number of nitriles is 1. The third kappa shape index (κ3) is 5.74. The number of urea groups is 1. The largest absolute Gasteiger partial charge is 0.383 e. The van der Waals surface area contributed by atoms with Crippen LogP contribution in [0.1, 0.15) is 40.0 Å². The number of aryl methyl sites for hydroxylation is 1. The molecule has 2 aromatic rings. The molecule has 2 aliphatic heterocycles. The Bertz CT molecular complexity index is 1260. The molecule has 0 bridgehead atoms. The van der Waals surface area contributed by atoms with E-state index in [1.54, 1.807) is 18.1 Å². The van der Waals surface area contributed by atoms with Crippen LogP contribution >= 0.6 is 0 Å². The standard InChI is InChI=1S/C26H32N8O4/c1-32(2)22-6-9-33(25(22)36)15-18-11-17-5-4-8-34(24(17)30-21(18)16-35)26(37)31-23-12-20(28-7-10-38-3)19(13-27)14-29-23/h11-12,14,16,22H,4-10,15H2,1-3H3,(H2,28,29,31,37). The van der Waals surface area contributed by atoms with Gasteiger partial charge in [0.05, 0.1) is 23.9 Å². The minimum atomic E-state index is -0.438. The van der Waals surface area contributed by atoms with Gasteiger partial charge in [-0.1, -0.05) is 0 Å². The Morgan fingerprint density at radius 1 is 1.34 bits per heavy atom. The number of nitrogens with one attached hydrogen (secondary N) is 2. The number of aromatic nitrogens is 2. The van der Waals surface area contributed by atoms with Gasteiger partial charge < -0.3 is 15.0 Å². The summed E-state index contributed by atoms with van der Waals surface area (Å²) in [5.41, 5.74) is 2.62. The number of nitrogens with zero attached hydrogens (tertiary/aromatic N) is 6. The zero-order valence-corrected chi connectivity index (χ0v) is 21.9. The molecule has 38 heavy (non-hydrogen) atoms. The predicted molar refractivity (Wildman–Crippen MR) is 141 cm³/mol. The number of likely N-dealkylation sites (tertiary alicyclic amines) is 1. The Morgan fingerprint density at radius 3 is 2.84 bits per heavy atom. The second-order valence-electron chi connectivity index (χ2n) is 9.49. The average molecular weight is 521 g/mol. The fourth-order valence-corrected chi connectivity index (χ4v) is 4.77. The first-order valence-corrected chi connectivity index (χ1v) is 12.5. The summed E-state index contributed by atoms with van der Waals surface area (Å²) in [4.78, 5) is 51.9. The first-order valence-electron chi connectivity index (χ1n) is 12.5. The Labute approximate surface area is 221 Å². The van der Waals surface area contributed by atoms with Crippen LogP contribution in [0.4, 0.5) is 22.1 Å². The molecule has 0 radical (unpaired) electrons. The Kier molecular flexibility index (Phi) is 8.50. The molecule has 1 unspecified atom stereocenters. The summed E-state index contributed by atoms with van der Waals surface area (Å²) >= 11 is 0. The average Bonchev–Trinajstić information content (AvgIpc) is 3.28. The Hall–Kier alpha value is -4.08. The van der Waals surface area contributed by atoms with E-state index < -0.39 is 6.03 Å². The molecule has 0 saturated carbocycles. The number of carbonyl (C=O) groups is 3. The summed E-state index contributed by atoms with van der Waals surface area (Å²) in [5, 5.41) is 15.2. The van der Waals surface area contributed by atoms with Crippen LogP contribution in [0.15, 0.2) is 18.3 Å². The maximum atomic E-state index is 13.2. The molecule has 200 valence electrons. The maximum Gasteiger partial charge on any atom is 0.328 e. The van der Waals surface area contributed by atoms with Crippen molar-refractivity contribution < 1.29 is 19.1 Å². The third-order valence-corrected chi connectivity index (χ3v) is 6.77. The number of aldehydes is 1. The predicted octanol–water partition coefficient (Wildman–Crippen LogP) is 1.87. The molecule has 0 aliphatic carbocycles. The van der Waals surface area contributed by atoms with E-state index in [1.807, 2.05) is 25.1 Å². The lowest BCUT2D eigenvalue weighted by Crippen LogP contribution is -2.40. The smallest absolute Gasteiger partial charge is 0.328 e. The first-order chi connectivity index (χ1) is 18.4. The number of carbonyl (C=O) groups excluding carboxylic acids is 3. The van der Waals surface area contributed by atoms with Gasteiger partial charge in [-0.2, -0.15) is 5.26 Å². The number of ether oxygens (including phenoxy) is 1. The zero-order chi connectivity index (χ0) is 27.2. The molecule has 1 atom stereocenters. The van der Waals surface area contributed by atoms with Crippen molar-refractivity contribution in [1.29, 1.82) is 5.26 Å². The van der Waals surface area contributed by atoms with Gasteiger partial charge in [0.15, 0.2) is 6.29 Å².